The van der Waals surface area contributed by atoms with Crippen LogP contribution in [0.3, 0.4) is 0 Å². The first-order valence-corrected chi connectivity index (χ1v) is 12.1. The van der Waals surface area contributed by atoms with E-state index in [0.717, 1.165) is 38.5 Å². The summed E-state index contributed by atoms with van der Waals surface area (Å²) < 4.78 is 12.5. The smallest absolute Gasteiger partial charge is 0.333 e. The summed E-state index contributed by atoms with van der Waals surface area (Å²) in [4.78, 5) is 26.0. The second-order valence-electron chi connectivity index (χ2n) is 10.6. The average Bonchev–Trinajstić information content (AvgIpc) is 3.36. The number of hydrogen-bond acceptors (Lipinski definition) is 4. The Bertz CT molecular complexity index is 665. The first-order chi connectivity index (χ1) is 14.0. The van der Waals surface area contributed by atoms with E-state index in [1.54, 1.807) is 6.92 Å². The zero-order valence-electron chi connectivity index (χ0n) is 17.9. The molecule has 29 heavy (non-hydrogen) atoms. The number of carbonyl (C=O) groups excluding carboxylic acids is 2. The van der Waals surface area contributed by atoms with Crippen LogP contribution in [-0.4, -0.2) is 23.6 Å². The molecule has 0 aromatic carbocycles. The van der Waals surface area contributed by atoms with Crippen LogP contribution in [0.25, 0.3) is 0 Å². The van der Waals surface area contributed by atoms with Crippen molar-refractivity contribution in [3.05, 3.63) is 12.2 Å². The van der Waals surface area contributed by atoms with Crippen LogP contribution in [0.5, 0.6) is 0 Å². The molecule has 1 heterocycles. The van der Waals surface area contributed by atoms with Crippen molar-refractivity contribution in [2.24, 2.45) is 35.5 Å². The van der Waals surface area contributed by atoms with E-state index in [9.17, 15) is 9.59 Å². The van der Waals surface area contributed by atoms with Gasteiger partial charge in [0.2, 0.25) is 0 Å². The Morgan fingerprint density at radius 1 is 1.00 bits per heavy atom. The molecular formula is C25H36O4. The van der Waals surface area contributed by atoms with Crippen LogP contribution in [0.4, 0.5) is 0 Å². The molecule has 0 amide bonds. The molecule has 4 heteroatoms. The van der Waals surface area contributed by atoms with Gasteiger partial charge in [-0.25, -0.2) is 4.79 Å². The topological polar surface area (TPSA) is 52.6 Å². The van der Waals surface area contributed by atoms with Gasteiger partial charge in [-0.2, -0.15) is 0 Å². The molecule has 5 fully saturated rings. The van der Waals surface area contributed by atoms with E-state index in [0.29, 0.717) is 29.2 Å². The third-order valence-electron chi connectivity index (χ3n) is 9.11. The normalized spacial score (nSPS) is 37.6. The summed E-state index contributed by atoms with van der Waals surface area (Å²) in [7, 11) is 0. The minimum atomic E-state index is -0.505. The van der Waals surface area contributed by atoms with Crippen molar-refractivity contribution in [3.63, 3.8) is 0 Å². The highest BCUT2D eigenvalue weighted by Crippen LogP contribution is 2.65. The van der Waals surface area contributed by atoms with E-state index < -0.39 is 5.60 Å². The molecule has 4 nitrogen and oxygen atoms in total. The molecule has 1 saturated heterocycles. The van der Waals surface area contributed by atoms with Crippen LogP contribution < -0.4 is 0 Å². The van der Waals surface area contributed by atoms with E-state index in [1.165, 1.54) is 38.5 Å². The largest absolute Gasteiger partial charge is 0.462 e. The minimum absolute atomic E-state index is 0.00707. The Balaban J connectivity index is 1.61. The van der Waals surface area contributed by atoms with Gasteiger partial charge >= 0.3 is 11.9 Å². The predicted octanol–water partition coefficient (Wildman–Crippen LogP) is 5.20. The van der Waals surface area contributed by atoms with Crippen LogP contribution in [0.2, 0.25) is 0 Å². The van der Waals surface area contributed by atoms with Crippen molar-refractivity contribution in [2.45, 2.75) is 95.7 Å². The Kier molecular flexibility index (Phi) is 5.03. The van der Waals surface area contributed by atoms with Gasteiger partial charge in [0.15, 0.2) is 0 Å². The lowest BCUT2D eigenvalue weighted by Gasteiger charge is -2.54. The summed E-state index contributed by atoms with van der Waals surface area (Å²) in [5, 5.41) is 0. The van der Waals surface area contributed by atoms with Crippen LogP contribution >= 0.6 is 0 Å². The molecule has 0 aromatic heterocycles. The Hall–Kier alpha value is -1.32. The second-order valence-corrected chi connectivity index (χ2v) is 10.6. The van der Waals surface area contributed by atoms with Gasteiger partial charge in [-0.15, -0.1) is 0 Å². The molecule has 0 aromatic rings. The quantitative estimate of drug-likeness (QED) is 0.470. The van der Waals surface area contributed by atoms with Crippen LogP contribution in [-0.2, 0) is 19.1 Å². The summed E-state index contributed by atoms with van der Waals surface area (Å²) in [6, 6.07) is 0. The monoisotopic (exact) mass is 400 g/mol. The van der Waals surface area contributed by atoms with Gasteiger partial charge in [-0.3, -0.25) is 4.79 Å². The zero-order valence-corrected chi connectivity index (χ0v) is 17.9. The minimum Gasteiger partial charge on any atom is -0.462 e. The molecule has 5 aliphatic rings. The van der Waals surface area contributed by atoms with Crippen molar-refractivity contribution in [2.75, 3.05) is 0 Å². The number of ether oxygens (including phenoxy) is 2. The maximum atomic E-state index is 13.1. The Morgan fingerprint density at radius 2 is 1.59 bits per heavy atom. The van der Waals surface area contributed by atoms with E-state index >= 15 is 0 Å². The molecule has 4 saturated carbocycles. The molecule has 5 rings (SSSR count). The highest BCUT2D eigenvalue weighted by molar-refractivity contribution is 5.87. The lowest BCUT2D eigenvalue weighted by molar-refractivity contribution is -0.202. The number of fused-ring (bicyclic) bond motifs is 1. The number of hydrogen-bond donors (Lipinski definition) is 0. The maximum Gasteiger partial charge on any atom is 0.333 e. The zero-order chi connectivity index (χ0) is 20.2. The molecule has 1 aliphatic heterocycles. The van der Waals surface area contributed by atoms with Gasteiger partial charge in [-0.05, 0) is 63.2 Å². The standard InChI is InChI=1S/C25H36O4/c1-15(2)23(26)29-25(17-9-5-3-6-10-17,18-11-7-4-8-12-18)22-16-13-19-20(14-16)28-24(27)21(19)22/h16-22H,1,3-14H2,2H3. The van der Waals surface area contributed by atoms with E-state index in [1.807, 2.05) is 0 Å². The maximum absolute atomic E-state index is 13.1. The molecule has 4 aliphatic carbocycles. The van der Waals surface area contributed by atoms with Crippen molar-refractivity contribution >= 4 is 11.9 Å². The number of esters is 2. The van der Waals surface area contributed by atoms with Crippen LogP contribution in [0.1, 0.15) is 84.0 Å². The van der Waals surface area contributed by atoms with Gasteiger partial charge in [0, 0.05) is 17.4 Å². The lowest BCUT2D eigenvalue weighted by Crippen LogP contribution is -2.59. The summed E-state index contributed by atoms with van der Waals surface area (Å²) in [5.41, 5.74) is -0.0222. The van der Waals surface area contributed by atoms with Crippen molar-refractivity contribution in [3.8, 4) is 0 Å². The lowest BCUT2D eigenvalue weighted by atomic mass is 9.56. The molecule has 5 unspecified atom stereocenters. The first kappa shape index (κ1) is 19.6. The van der Waals surface area contributed by atoms with Crippen molar-refractivity contribution in [1.82, 2.24) is 0 Å². The average molecular weight is 401 g/mol. The highest BCUT2D eigenvalue weighted by atomic mass is 16.6. The van der Waals surface area contributed by atoms with Crippen molar-refractivity contribution in [1.29, 1.82) is 0 Å². The molecule has 0 radical (unpaired) electrons. The van der Waals surface area contributed by atoms with Gasteiger partial charge < -0.3 is 9.47 Å². The molecule has 5 atom stereocenters. The van der Waals surface area contributed by atoms with Gasteiger partial charge in [0.25, 0.3) is 0 Å². The SMILES string of the molecule is C=C(C)C(=O)OC(C1CCCCC1)(C1CCCCC1)C1C2CC3OC(=O)C1C3C2. The molecular weight excluding hydrogens is 364 g/mol. The van der Waals surface area contributed by atoms with E-state index in [2.05, 4.69) is 6.58 Å². The summed E-state index contributed by atoms with van der Waals surface area (Å²) in [6.45, 7) is 5.66. The third kappa shape index (κ3) is 2.99. The number of carbonyl (C=O) groups is 2. The molecule has 0 N–H and O–H groups in total. The van der Waals surface area contributed by atoms with Gasteiger partial charge in [-0.1, -0.05) is 45.1 Å². The Labute approximate surface area is 174 Å². The van der Waals surface area contributed by atoms with E-state index in [4.69, 9.17) is 9.47 Å². The fourth-order valence-corrected chi connectivity index (χ4v) is 8.10. The fourth-order valence-electron chi connectivity index (χ4n) is 8.10. The molecule has 160 valence electrons. The Morgan fingerprint density at radius 3 is 2.14 bits per heavy atom. The summed E-state index contributed by atoms with van der Waals surface area (Å²) >= 11 is 0. The van der Waals surface area contributed by atoms with Gasteiger partial charge in [0.05, 0.1) is 5.92 Å². The first-order valence-electron chi connectivity index (χ1n) is 12.1. The van der Waals surface area contributed by atoms with Crippen molar-refractivity contribution < 1.29 is 19.1 Å². The highest BCUT2D eigenvalue weighted by Gasteiger charge is 2.70. The van der Waals surface area contributed by atoms with Gasteiger partial charge in [0.1, 0.15) is 11.7 Å². The fraction of sp³-hybridized carbons (Fsp3) is 0.840. The second kappa shape index (κ2) is 7.42. The van der Waals surface area contributed by atoms with Crippen LogP contribution in [0, 0.1) is 35.5 Å². The third-order valence-corrected chi connectivity index (χ3v) is 9.11. The summed E-state index contributed by atoms with van der Waals surface area (Å²) in [6.07, 6.45) is 14.1. The van der Waals surface area contributed by atoms with Crippen LogP contribution in [0.15, 0.2) is 12.2 Å². The molecule has 2 bridgehead atoms. The van der Waals surface area contributed by atoms with E-state index in [-0.39, 0.29) is 29.9 Å². The number of rotatable bonds is 5. The summed E-state index contributed by atoms with van der Waals surface area (Å²) in [5.74, 6) is 1.40. The molecule has 0 spiro atoms. The predicted molar refractivity (Wildman–Crippen MR) is 110 cm³/mol.